The first-order valence-electron chi connectivity index (χ1n) is 10.5. The Morgan fingerprint density at radius 3 is 2.56 bits per heavy atom. The molecule has 1 aliphatic rings. The fraction of sp³-hybridized carbons (Fsp3) is 0.182. The summed E-state index contributed by atoms with van der Waals surface area (Å²) in [4.78, 5) is 30.1. The van der Waals surface area contributed by atoms with Gasteiger partial charge in [0.1, 0.15) is 6.26 Å². The van der Waals surface area contributed by atoms with Crippen LogP contribution in [0.15, 0.2) is 52.0 Å². The molecule has 10 nitrogen and oxygen atoms in total. The van der Waals surface area contributed by atoms with Gasteiger partial charge in [-0.25, -0.2) is 27.3 Å². The molecule has 2 aromatic carbocycles. The number of nitrogens with zero attached hydrogens (tertiary/aromatic N) is 5. The number of aromatic nitrogens is 5. The monoisotopic (exact) mass is 519 g/mol. The van der Waals surface area contributed by atoms with Crippen molar-refractivity contribution >= 4 is 34.1 Å². The predicted octanol–water partition coefficient (Wildman–Crippen LogP) is 2.57. The third-order valence-corrected chi connectivity index (χ3v) is 5.74. The van der Waals surface area contributed by atoms with Gasteiger partial charge < -0.3 is 15.4 Å². The Balaban J connectivity index is 1.62. The number of benzene rings is 2. The van der Waals surface area contributed by atoms with Crippen LogP contribution in [0.4, 0.5) is 24.8 Å². The highest BCUT2D eigenvalue weighted by molar-refractivity contribution is 6.34. The Bertz CT molecular complexity index is 1640. The number of aryl methyl sites for hydroxylation is 1. The van der Waals surface area contributed by atoms with Crippen molar-refractivity contribution in [2.75, 3.05) is 12.0 Å². The van der Waals surface area contributed by atoms with E-state index >= 15 is 0 Å². The van der Waals surface area contributed by atoms with Gasteiger partial charge in [-0.1, -0.05) is 11.6 Å². The third kappa shape index (κ3) is 4.40. The van der Waals surface area contributed by atoms with Gasteiger partial charge in [0, 0.05) is 18.6 Å². The standard InChI is InChI=1S/C22H17ClF3N7O3/c1-31-7-12-4-18(14(23)5-17(12)30-31)28-20-29-21(34)33(8-13-9-36-10-27-13)22(35)32(20)6-11-2-15(24)19(26)16(25)3-11/h2-5,7,9,27H,6,8,10H2,1H3,(H,28,29,34). The molecule has 0 bridgehead atoms. The number of nitrogens with one attached hydrogen (secondary N) is 2. The van der Waals surface area contributed by atoms with Crippen molar-refractivity contribution < 1.29 is 17.9 Å². The third-order valence-electron chi connectivity index (χ3n) is 5.43. The van der Waals surface area contributed by atoms with Gasteiger partial charge in [0.2, 0.25) is 5.95 Å². The maximum atomic E-state index is 13.9. The number of halogens is 4. The molecule has 0 saturated heterocycles. The summed E-state index contributed by atoms with van der Waals surface area (Å²) in [6, 6.07) is 4.75. The maximum absolute atomic E-state index is 13.9. The van der Waals surface area contributed by atoms with Crippen LogP contribution in [0, 0.1) is 17.5 Å². The summed E-state index contributed by atoms with van der Waals surface area (Å²) in [5, 5.41) is 10.9. The number of fused-ring (bicyclic) bond motifs is 1. The summed E-state index contributed by atoms with van der Waals surface area (Å²) in [6.45, 7) is -0.438. The van der Waals surface area contributed by atoms with Crippen LogP contribution >= 0.6 is 11.6 Å². The second-order valence-corrected chi connectivity index (χ2v) is 8.40. The molecule has 0 spiro atoms. The van der Waals surface area contributed by atoms with Gasteiger partial charge in [0.05, 0.1) is 35.0 Å². The van der Waals surface area contributed by atoms with Crippen LogP contribution in [0.25, 0.3) is 10.9 Å². The van der Waals surface area contributed by atoms with E-state index in [0.29, 0.717) is 22.3 Å². The van der Waals surface area contributed by atoms with E-state index in [1.165, 1.54) is 6.26 Å². The number of hydrogen-bond acceptors (Lipinski definition) is 7. The fourth-order valence-corrected chi connectivity index (χ4v) is 3.96. The Morgan fingerprint density at radius 2 is 1.86 bits per heavy atom. The molecule has 36 heavy (non-hydrogen) atoms. The minimum Gasteiger partial charge on any atom is -0.479 e. The molecule has 0 fully saturated rings. The van der Waals surface area contributed by atoms with Gasteiger partial charge in [0.25, 0.3) is 0 Å². The lowest BCUT2D eigenvalue weighted by Crippen LogP contribution is -2.43. The number of allylic oxidation sites excluding steroid dienone is 1. The first-order valence-corrected chi connectivity index (χ1v) is 10.9. The highest BCUT2D eigenvalue weighted by Crippen LogP contribution is 2.29. The minimum atomic E-state index is -1.64. The van der Waals surface area contributed by atoms with Crippen molar-refractivity contribution in [3.8, 4) is 0 Å². The molecule has 186 valence electrons. The molecule has 1 aliphatic heterocycles. The van der Waals surface area contributed by atoms with Crippen molar-refractivity contribution in [2.24, 2.45) is 7.05 Å². The van der Waals surface area contributed by atoms with Crippen LogP contribution in [0.2, 0.25) is 5.02 Å². The lowest BCUT2D eigenvalue weighted by molar-refractivity contribution is 0.267. The number of anilines is 2. The minimum absolute atomic E-state index is 0.0705. The Labute approximate surface area is 205 Å². The molecule has 0 saturated carbocycles. The predicted molar refractivity (Wildman–Crippen MR) is 124 cm³/mol. The molecule has 5 rings (SSSR count). The van der Waals surface area contributed by atoms with Crippen molar-refractivity contribution in [3.63, 3.8) is 0 Å². The van der Waals surface area contributed by atoms with Crippen LogP contribution < -0.4 is 22.0 Å². The Morgan fingerprint density at radius 1 is 1.11 bits per heavy atom. The van der Waals surface area contributed by atoms with E-state index in [1.807, 2.05) is 0 Å². The second kappa shape index (κ2) is 9.07. The summed E-state index contributed by atoms with van der Waals surface area (Å²) in [7, 11) is 1.74. The Kier molecular flexibility index (Phi) is 5.92. The van der Waals surface area contributed by atoms with Crippen LogP contribution in [-0.4, -0.2) is 30.6 Å². The summed E-state index contributed by atoms with van der Waals surface area (Å²) in [5.74, 6) is -4.71. The van der Waals surface area contributed by atoms with Crippen molar-refractivity contribution in [2.45, 2.75) is 13.1 Å². The van der Waals surface area contributed by atoms with Crippen LogP contribution in [0.3, 0.4) is 0 Å². The average Bonchev–Trinajstić information content (AvgIpc) is 3.46. The van der Waals surface area contributed by atoms with Gasteiger partial charge in [-0.15, -0.1) is 0 Å². The Hall–Kier alpha value is -4.26. The SMILES string of the molecule is Cn1cc2cc(Nc3nc(=O)n(CC4=COCN4)c(=O)n3Cc3cc(F)c(F)c(F)c3)c(Cl)cc2n1. The normalized spacial score (nSPS) is 13.0. The smallest absolute Gasteiger partial charge is 0.355 e. The highest BCUT2D eigenvalue weighted by atomic mass is 35.5. The number of rotatable bonds is 6. The molecule has 0 aliphatic carbocycles. The molecule has 2 aromatic heterocycles. The first-order chi connectivity index (χ1) is 17.2. The van der Waals surface area contributed by atoms with Crippen molar-refractivity contribution in [1.82, 2.24) is 29.2 Å². The van der Waals surface area contributed by atoms with E-state index in [4.69, 9.17) is 16.3 Å². The number of hydrogen-bond donors (Lipinski definition) is 2. The summed E-state index contributed by atoms with van der Waals surface area (Å²) < 4.78 is 49.7. The largest absolute Gasteiger partial charge is 0.479 e. The van der Waals surface area contributed by atoms with Gasteiger partial charge in [-0.05, 0) is 29.8 Å². The summed E-state index contributed by atoms with van der Waals surface area (Å²) >= 11 is 6.38. The molecule has 0 amide bonds. The summed E-state index contributed by atoms with van der Waals surface area (Å²) in [6.07, 6.45) is 3.10. The molecule has 3 heterocycles. The first kappa shape index (κ1) is 23.5. The molecule has 0 unspecified atom stereocenters. The topological polar surface area (TPSA) is 108 Å². The van der Waals surface area contributed by atoms with E-state index < -0.39 is 35.4 Å². The zero-order valence-corrected chi connectivity index (χ0v) is 19.3. The molecule has 0 radical (unpaired) electrons. The average molecular weight is 520 g/mol. The van der Waals surface area contributed by atoms with Gasteiger partial charge >= 0.3 is 11.4 Å². The van der Waals surface area contributed by atoms with Gasteiger partial charge in [-0.2, -0.15) is 10.1 Å². The zero-order valence-electron chi connectivity index (χ0n) is 18.6. The van der Waals surface area contributed by atoms with Gasteiger partial charge in [-0.3, -0.25) is 9.25 Å². The number of ether oxygens (including phenoxy) is 1. The van der Waals surface area contributed by atoms with E-state index in [9.17, 15) is 22.8 Å². The summed E-state index contributed by atoms with van der Waals surface area (Å²) in [5.41, 5.74) is -0.420. The molecular formula is C22H17ClF3N7O3. The highest BCUT2D eigenvalue weighted by Gasteiger charge is 2.19. The van der Waals surface area contributed by atoms with Crippen LogP contribution in [0.5, 0.6) is 0 Å². The molecule has 14 heteroatoms. The molecular weight excluding hydrogens is 503 g/mol. The van der Waals surface area contributed by atoms with Crippen molar-refractivity contribution in [3.05, 3.63) is 91.4 Å². The van der Waals surface area contributed by atoms with Gasteiger partial charge in [0.15, 0.2) is 24.2 Å². The fourth-order valence-electron chi connectivity index (χ4n) is 3.75. The van der Waals surface area contributed by atoms with E-state index in [1.54, 1.807) is 30.1 Å². The van der Waals surface area contributed by atoms with Crippen LogP contribution in [-0.2, 0) is 24.9 Å². The van der Waals surface area contributed by atoms with E-state index in [2.05, 4.69) is 20.7 Å². The molecule has 4 aromatic rings. The lowest BCUT2D eigenvalue weighted by atomic mass is 10.2. The van der Waals surface area contributed by atoms with Crippen molar-refractivity contribution in [1.29, 1.82) is 0 Å². The molecule has 0 atom stereocenters. The second-order valence-electron chi connectivity index (χ2n) is 8.00. The molecule has 2 N–H and O–H groups in total. The quantitative estimate of drug-likeness (QED) is 0.377. The van der Waals surface area contributed by atoms with E-state index in [0.717, 1.165) is 21.3 Å². The van der Waals surface area contributed by atoms with E-state index in [-0.39, 0.29) is 29.8 Å². The van der Waals surface area contributed by atoms with Crippen LogP contribution in [0.1, 0.15) is 5.56 Å². The zero-order chi connectivity index (χ0) is 25.6. The lowest BCUT2D eigenvalue weighted by Gasteiger charge is -2.16. The maximum Gasteiger partial charge on any atom is 0.355 e.